The molecule has 38 heavy (non-hydrogen) atoms. The van der Waals surface area contributed by atoms with E-state index in [9.17, 15) is 15.4 Å². The van der Waals surface area contributed by atoms with Crippen molar-refractivity contribution in [1.82, 2.24) is 0 Å². The summed E-state index contributed by atoms with van der Waals surface area (Å²) in [6.07, 6.45) is 1.48. The van der Waals surface area contributed by atoms with Gasteiger partial charge < -0.3 is 4.42 Å². The summed E-state index contributed by atoms with van der Waals surface area (Å²) in [5.41, 5.74) is 4.23. The molecule has 0 spiro atoms. The van der Waals surface area contributed by atoms with Crippen molar-refractivity contribution in [2.45, 2.75) is 16.7 Å². The number of benzene rings is 4. The van der Waals surface area contributed by atoms with Gasteiger partial charge in [-0.25, -0.2) is 4.99 Å². The highest BCUT2D eigenvalue weighted by Gasteiger charge is 2.23. The van der Waals surface area contributed by atoms with E-state index in [1.54, 1.807) is 12.1 Å². The van der Waals surface area contributed by atoms with E-state index in [0.717, 1.165) is 21.6 Å². The van der Waals surface area contributed by atoms with Crippen molar-refractivity contribution >= 4 is 29.5 Å². The summed E-state index contributed by atoms with van der Waals surface area (Å²) in [7, 11) is 0. The highest BCUT2D eigenvalue weighted by atomic mass is 32.2. The predicted molar refractivity (Wildman–Crippen MR) is 150 cm³/mol. The molecule has 1 heterocycles. The smallest absolute Gasteiger partial charge is 0.283 e. The lowest BCUT2D eigenvalue weighted by atomic mass is 9.98. The molecule has 0 radical (unpaired) electrons. The van der Waals surface area contributed by atoms with Crippen molar-refractivity contribution in [1.29, 1.82) is 5.26 Å². The minimum Gasteiger partial charge on any atom is -0.436 e. The number of nitro groups is 1. The molecule has 0 bridgehead atoms. The number of nitrogens with zero attached hydrogens (tertiary/aromatic N) is 3. The highest BCUT2D eigenvalue weighted by Crippen LogP contribution is 2.42. The molecule has 5 aromatic rings. The number of aliphatic imine (C=N–C) groups is 1. The van der Waals surface area contributed by atoms with E-state index in [2.05, 4.69) is 11.1 Å². The molecule has 0 aliphatic heterocycles. The molecule has 4 aromatic carbocycles. The predicted octanol–water partition coefficient (Wildman–Crippen LogP) is 8.60. The monoisotopic (exact) mass is 515 g/mol. The van der Waals surface area contributed by atoms with Crippen molar-refractivity contribution in [3.63, 3.8) is 0 Å². The summed E-state index contributed by atoms with van der Waals surface area (Å²) in [5, 5.41) is 21.9. The van der Waals surface area contributed by atoms with Crippen LogP contribution in [0.4, 0.5) is 11.6 Å². The van der Waals surface area contributed by atoms with Crippen LogP contribution in [0.2, 0.25) is 0 Å². The molecule has 0 N–H and O–H groups in total. The van der Waals surface area contributed by atoms with E-state index >= 15 is 0 Å². The number of aryl methyl sites for hydroxylation is 1. The second-order valence-corrected chi connectivity index (χ2v) is 9.60. The molecule has 0 aliphatic carbocycles. The maximum Gasteiger partial charge on any atom is 0.283 e. The van der Waals surface area contributed by atoms with E-state index < -0.39 is 4.92 Å². The van der Waals surface area contributed by atoms with E-state index in [-0.39, 0.29) is 11.6 Å². The Balaban J connectivity index is 1.53. The van der Waals surface area contributed by atoms with E-state index in [1.807, 2.05) is 91.9 Å². The Kier molecular flexibility index (Phi) is 7.16. The molecule has 0 unspecified atom stereocenters. The quantitative estimate of drug-likeness (QED) is 0.123. The van der Waals surface area contributed by atoms with Crippen LogP contribution in [-0.4, -0.2) is 11.1 Å². The first-order valence-corrected chi connectivity index (χ1v) is 12.6. The van der Waals surface area contributed by atoms with Gasteiger partial charge in [-0.15, -0.1) is 0 Å². The molecule has 6 nitrogen and oxygen atoms in total. The van der Waals surface area contributed by atoms with Gasteiger partial charge in [0, 0.05) is 28.3 Å². The van der Waals surface area contributed by atoms with Gasteiger partial charge in [-0.05, 0) is 36.2 Å². The van der Waals surface area contributed by atoms with Crippen LogP contribution in [0, 0.1) is 28.4 Å². The molecule has 0 saturated heterocycles. The minimum atomic E-state index is -0.400. The van der Waals surface area contributed by atoms with Gasteiger partial charge in [0.15, 0.2) is 0 Å². The Hall–Kier alpha value is -4.93. The molecule has 1 aromatic heterocycles. The van der Waals surface area contributed by atoms with Crippen LogP contribution < -0.4 is 0 Å². The molecule has 0 amide bonds. The van der Waals surface area contributed by atoms with Gasteiger partial charge in [0.1, 0.15) is 17.4 Å². The van der Waals surface area contributed by atoms with Crippen molar-refractivity contribution in [3.8, 4) is 28.5 Å². The van der Waals surface area contributed by atoms with Crippen LogP contribution in [0.1, 0.15) is 16.7 Å². The lowest BCUT2D eigenvalue weighted by molar-refractivity contribution is -0.387. The lowest BCUT2D eigenvalue weighted by Crippen LogP contribution is -1.93. The maximum absolute atomic E-state index is 11.8. The molecule has 0 fully saturated rings. The zero-order valence-corrected chi connectivity index (χ0v) is 21.2. The second kappa shape index (κ2) is 11.0. The normalized spacial score (nSPS) is 10.9. The molecule has 5 rings (SSSR count). The summed E-state index contributed by atoms with van der Waals surface area (Å²) in [4.78, 5) is 17.3. The van der Waals surface area contributed by atoms with Crippen molar-refractivity contribution in [2.75, 3.05) is 0 Å². The lowest BCUT2D eigenvalue weighted by Gasteiger charge is -2.04. The average Bonchev–Trinajstić information content (AvgIpc) is 3.33. The third-order valence-corrected chi connectivity index (χ3v) is 6.93. The van der Waals surface area contributed by atoms with Gasteiger partial charge in [-0.3, -0.25) is 10.1 Å². The maximum atomic E-state index is 11.8. The Morgan fingerprint density at radius 1 is 0.921 bits per heavy atom. The van der Waals surface area contributed by atoms with E-state index in [4.69, 9.17) is 4.42 Å². The highest BCUT2D eigenvalue weighted by molar-refractivity contribution is 7.99. The van der Waals surface area contributed by atoms with E-state index in [1.165, 1.54) is 24.0 Å². The largest absolute Gasteiger partial charge is 0.436 e. The molecule has 7 heteroatoms. The van der Waals surface area contributed by atoms with Gasteiger partial charge in [0.05, 0.1) is 9.82 Å². The fourth-order valence-electron chi connectivity index (χ4n) is 4.00. The first kappa shape index (κ1) is 24.8. The van der Waals surface area contributed by atoms with Crippen LogP contribution in [0.15, 0.2) is 122 Å². The molecule has 184 valence electrons. The molecule has 0 aliphatic rings. The van der Waals surface area contributed by atoms with Crippen LogP contribution in [0.25, 0.3) is 22.5 Å². The SMILES string of the molecule is Cc1ccc(Sc2ccc(C=Nc3oc(-c4ccccc4)c(-c4ccccc4)c3C#N)cc2[N+](=O)[O-])cc1. The number of rotatable bonds is 7. The van der Waals surface area contributed by atoms with Gasteiger partial charge in [-0.1, -0.05) is 96.2 Å². The zero-order chi connectivity index (χ0) is 26.5. The average molecular weight is 516 g/mol. The fourth-order valence-corrected chi connectivity index (χ4v) is 4.90. The second-order valence-electron chi connectivity index (χ2n) is 8.49. The number of nitro benzene ring substituents is 1. The van der Waals surface area contributed by atoms with Crippen molar-refractivity contribution < 1.29 is 9.34 Å². The minimum absolute atomic E-state index is 0.0191. The van der Waals surface area contributed by atoms with Gasteiger partial charge >= 0.3 is 0 Å². The zero-order valence-electron chi connectivity index (χ0n) is 20.4. The Morgan fingerprint density at radius 2 is 1.58 bits per heavy atom. The Bertz CT molecular complexity index is 1670. The summed E-state index contributed by atoms with van der Waals surface area (Å²) in [5.74, 6) is 0.683. The number of hydrogen-bond donors (Lipinski definition) is 0. The van der Waals surface area contributed by atoms with Gasteiger partial charge in [0.2, 0.25) is 5.88 Å². The molecule has 0 atom stereocenters. The van der Waals surface area contributed by atoms with Crippen LogP contribution in [0.3, 0.4) is 0 Å². The number of furan rings is 1. The Morgan fingerprint density at radius 3 is 2.21 bits per heavy atom. The number of hydrogen-bond acceptors (Lipinski definition) is 6. The summed E-state index contributed by atoms with van der Waals surface area (Å²) < 4.78 is 6.13. The van der Waals surface area contributed by atoms with E-state index in [0.29, 0.717) is 27.3 Å². The third-order valence-electron chi connectivity index (χ3n) is 5.86. The topological polar surface area (TPSA) is 92.4 Å². The third kappa shape index (κ3) is 5.26. The summed E-state index contributed by atoms with van der Waals surface area (Å²) in [6.45, 7) is 1.99. The van der Waals surface area contributed by atoms with Crippen molar-refractivity contribution in [3.05, 3.63) is 130 Å². The van der Waals surface area contributed by atoms with Crippen LogP contribution >= 0.6 is 11.8 Å². The van der Waals surface area contributed by atoms with Crippen LogP contribution in [-0.2, 0) is 0 Å². The standard InChI is InChI=1S/C31H21N3O3S/c1-21-12-15-25(16-13-21)38-28-17-14-22(18-27(28)34(35)36)20-33-31-26(19-32)29(23-8-4-2-5-9-23)30(37-31)24-10-6-3-7-11-24/h2-18,20H,1H3. The number of nitriles is 1. The van der Waals surface area contributed by atoms with Crippen LogP contribution in [0.5, 0.6) is 0 Å². The first-order valence-electron chi connectivity index (χ1n) is 11.8. The molecular weight excluding hydrogens is 494 g/mol. The van der Waals surface area contributed by atoms with Gasteiger partial charge in [-0.2, -0.15) is 5.26 Å². The summed E-state index contributed by atoms with van der Waals surface area (Å²) in [6, 6.07) is 34.1. The van der Waals surface area contributed by atoms with Crippen molar-refractivity contribution in [2.24, 2.45) is 4.99 Å². The first-order chi connectivity index (χ1) is 18.5. The fraction of sp³-hybridized carbons (Fsp3) is 0.0323. The van der Waals surface area contributed by atoms with Gasteiger partial charge in [0.25, 0.3) is 5.69 Å². The summed E-state index contributed by atoms with van der Waals surface area (Å²) >= 11 is 1.33. The Labute approximate surface area is 224 Å². The molecular formula is C31H21N3O3S. The molecule has 0 saturated carbocycles.